The van der Waals surface area contributed by atoms with Crippen molar-refractivity contribution in [1.82, 2.24) is 4.90 Å². The summed E-state index contributed by atoms with van der Waals surface area (Å²) in [6.07, 6.45) is 1.15. The Hall–Kier alpha value is -2.33. The highest BCUT2D eigenvalue weighted by atomic mass is 16.7. The number of aryl methyl sites for hydroxylation is 1. The lowest BCUT2D eigenvalue weighted by Crippen LogP contribution is -2.52. The molecule has 4 heteroatoms. The predicted octanol–water partition coefficient (Wildman–Crippen LogP) is 4.33. The van der Waals surface area contributed by atoms with Crippen molar-refractivity contribution in [1.29, 1.82) is 0 Å². The van der Waals surface area contributed by atoms with Gasteiger partial charge in [-0.05, 0) is 49.9 Å². The molecule has 0 radical (unpaired) electrons. The number of fused-ring (bicyclic) bond motifs is 3. The van der Waals surface area contributed by atoms with E-state index in [2.05, 4.69) is 4.90 Å². The summed E-state index contributed by atoms with van der Waals surface area (Å²) in [6.45, 7) is 5.11. The standard InChI is InChI=1S/C22H25NO3/c1-16-7-5-6-10-19(16)21(18-8-3-2-4-9-18)26-22(24)25-20-15-23-13-11-17(20)12-14-23/h2-10,17,20-21H,11-15H2,1H3. The Morgan fingerprint density at radius 3 is 2.38 bits per heavy atom. The topological polar surface area (TPSA) is 38.8 Å². The SMILES string of the molecule is Cc1ccccc1C(OC(=O)OC1CN2CCC1CC2)c1ccccc1. The van der Waals surface area contributed by atoms with Crippen LogP contribution in [0.2, 0.25) is 0 Å². The van der Waals surface area contributed by atoms with Gasteiger partial charge in [0, 0.05) is 12.1 Å². The molecule has 26 heavy (non-hydrogen) atoms. The molecule has 2 aromatic carbocycles. The van der Waals surface area contributed by atoms with Crippen LogP contribution in [0, 0.1) is 12.8 Å². The second-order valence-electron chi connectivity index (χ2n) is 7.31. The lowest BCUT2D eigenvalue weighted by molar-refractivity contribution is -0.0642. The molecule has 4 nitrogen and oxygen atoms in total. The molecule has 2 bridgehead atoms. The summed E-state index contributed by atoms with van der Waals surface area (Å²) >= 11 is 0. The molecule has 3 aliphatic heterocycles. The first-order chi connectivity index (χ1) is 12.7. The van der Waals surface area contributed by atoms with Crippen molar-refractivity contribution >= 4 is 6.16 Å². The van der Waals surface area contributed by atoms with Crippen LogP contribution in [0.3, 0.4) is 0 Å². The molecular weight excluding hydrogens is 326 g/mol. The molecule has 3 fully saturated rings. The lowest BCUT2D eigenvalue weighted by Gasteiger charge is -2.43. The number of rotatable bonds is 4. The molecule has 0 aliphatic carbocycles. The summed E-state index contributed by atoms with van der Waals surface area (Å²) in [7, 11) is 0. The van der Waals surface area contributed by atoms with E-state index in [0.29, 0.717) is 5.92 Å². The van der Waals surface area contributed by atoms with Crippen molar-refractivity contribution < 1.29 is 14.3 Å². The second kappa shape index (κ2) is 7.50. The van der Waals surface area contributed by atoms with Gasteiger partial charge in [0.1, 0.15) is 6.10 Å². The molecule has 136 valence electrons. The molecule has 5 rings (SSSR count). The summed E-state index contributed by atoms with van der Waals surface area (Å²) in [5.74, 6) is 0.473. The Morgan fingerprint density at radius 1 is 1.04 bits per heavy atom. The lowest BCUT2D eigenvalue weighted by atomic mass is 9.86. The molecule has 0 saturated carbocycles. The minimum Gasteiger partial charge on any atom is -0.429 e. The average Bonchev–Trinajstić information content (AvgIpc) is 2.68. The Kier molecular flexibility index (Phi) is 4.93. The highest BCUT2D eigenvalue weighted by Gasteiger charge is 2.37. The predicted molar refractivity (Wildman–Crippen MR) is 100.0 cm³/mol. The molecule has 3 aliphatic rings. The average molecular weight is 351 g/mol. The number of piperidine rings is 3. The van der Waals surface area contributed by atoms with Gasteiger partial charge in [-0.1, -0.05) is 54.6 Å². The highest BCUT2D eigenvalue weighted by molar-refractivity contribution is 5.61. The third kappa shape index (κ3) is 3.61. The summed E-state index contributed by atoms with van der Waals surface area (Å²) in [5.41, 5.74) is 3.04. The summed E-state index contributed by atoms with van der Waals surface area (Å²) in [4.78, 5) is 15.0. The van der Waals surface area contributed by atoms with E-state index >= 15 is 0 Å². The van der Waals surface area contributed by atoms with E-state index in [1.165, 1.54) is 0 Å². The van der Waals surface area contributed by atoms with Crippen LogP contribution in [-0.4, -0.2) is 36.8 Å². The van der Waals surface area contributed by atoms with E-state index in [4.69, 9.17) is 9.47 Å². The molecule has 0 amide bonds. The van der Waals surface area contributed by atoms with Crippen LogP contribution in [0.4, 0.5) is 4.79 Å². The van der Waals surface area contributed by atoms with Crippen molar-refractivity contribution in [2.45, 2.75) is 32.0 Å². The minimum atomic E-state index is -0.569. The Bertz CT molecular complexity index is 753. The first kappa shape index (κ1) is 17.1. The van der Waals surface area contributed by atoms with Gasteiger partial charge in [-0.15, -0.1) is 0 Å². The highest BCUT2D eigenvalue weighted by Crippen LogP contribution is 2.32. The van der Waals surface area contributed by atoms with Crippen LogP contribution >= 0.6 is 0 Å². The maximum atomic E-state index is 12.6. The van der Waals surface area contributed by atoms with Crippen molar-refractivity contribution in [3.05, 3.63) is 71.3 Å². The molecule has 3 saturated heterocycles. The number of hydrogen-bond acceptors (Lipinski definition) is 4. The molecule has 0 spiro atoms. The van der Waals surface area contributed by atoms with Crippen molar-refractivity contribution in [3.63, 3.8) is 0 Å². The summed E-state index contributed by atoms with van der Waals surface area (Å²) in [6, 6.07) is 17.9. The van der Waals surface area contributed by atoms with E-state index in [0.717, 1.165) is 49.2 Å². The van der Waals surface area contributed by atoms with Gasteiger partial charge in [-0.3, -0.25) is 4.90 Å². The number of hydrogen-bond donors (Lipinski definition) is 0. The third-order valence-electron chi connectivity index (χ3n) is 5.63. The van der Waals surface area contributed by atoms with Crippen molar-refractivity contribution in [3.8, 4) is 0 Å². The quantitative estimate of drug-likeness (QED) is 0.769. The van der Waals surface area contributed by atoms with Crippen molar-refractivity contribution in [2.24, 2.45) is 5.92 Å². The van der Waals surface area contributed by atoms with Gasteiger partial charge in [0.05, 0.1) is 0 Å². The maximum Gasteiger partial charge on any atom is 0.509 e. The van der Waals surface area contributed by atoms with Gasteiger partial charge >= 0.3 is 6.16 Å². The van der Waals surface area contributed by atoms with Crippen LogP contribution in [0.15, 0.2) is 54.6 Å². The van der Waals surface area contributed by atoms with Gasteiger partial charge in [-0.25, -0.2) is 4.79 Å². The first-order valence-electron chi connectivity index (χ1n) is 9.41. The number of carbonyl (C=O) groups is 1. The van der Waals surface area contributed by atoms with E-state index in [1.807, 2.05) is 61.5 Å². The molecule has 0 aromatic heterocycles. The van der Waals surface area contributed by atoms with Crippen LogP contribution in [0.1, 0.15) is 35.6 Å². The zero-order valence-electron chi connectivity index (χ0n) is 15.1. The van der Waals surface area contributed by atoms with Crippen LogP contribution in [0.5, 0.6) is 0 Å². The van der Waals surface area contributed by atoms with Gasteiger partial charge in [0.25, 0.3) is 0 Å². The molecule has 0 N–H and O–H groups in total. The van der Waals surface area contributed by atoms with Crippen LogP contribution in [0.25, 0.3) is 0 Å². The van der Waals surface area contributed by atoms with Gasteiger partial charge in [-0.2, -0.15) is 0 Å². The normalized spacial score (nSPS) is 25.5. The fraction of sp³-hybridized carbons (Fsp3) is 0.409. The Morgan fingerprint density at radius 2 is 1.73 bits per heavy atom. The molecule has 2 atom stereocenters. The number of benzene rings is 2. The van der Waals surface area contributed by atoms with Crippen LogP contribution < -0.4 is 0 Å². The van der Waals surface area contributed by atoms with E-state index in [9.17, 15) is 4.79 Å². The minimum absolute atomic E-state index is 0.0432. The largest absolute Gasteiger partial charge is 0.509 e. The zero-order valence-corrected chi connectivity index (χ0v) is 15.1. The maximum absolute atomic E-state index is 12.6. The molecule has 2 aromatic rings. The molecule has 2 unspecified atom stereocenters. The summed E-state index contributed by atoms with van der Waals surface area (Å²) < 4.78 is 11.6. The van der Waals surface area contributed by atoms with E-state index < -0.39 is 12.3 Å². The third-order valence-corrected chi connectivity index (χ3v) is 5.63. The zero-order chi connectivity index (χ0) is 17.9. The van der Waals surface area contributed by atoms with Gasteiger partial charge in [0.2, 0.25) is 0 Å². The Balaban J connectivity index is 1.51. The summed E-state index contributed by atoms with van der Waals surface area (Å²) in [5, 5.41) is 0. The molecule has 3 heterocycles. The van der Waals surface area contributed by atoms with Crippen LogP contribution in [-0.2, 0) is 9.47 Å². The number of nitrogens with zero attached hydrogens (tertiary/aromatic N) is 1. The first-order valence-corrected chi connectivity index (χ1v) is 9.41. The fourth-order valence-electron chi connectivity index (χ4n) is 4.11. The second-order valence-corrected chi connectivity index (χ2v) is 7.31. The number of ether oxygens (including phenoxy) is 2. The molecular formula is C22H25NO3. The van der Waals surface area contributed by atoms with Crippen molar-refractivity contribution in [2.75, 3.05) is 19.6 Å². The number of carbonyl (C=O) groups excluding carboxylic acids is 1. The van der Waals surface area contributed by atoms with Gasteiger partial charge < -0.3 is 9.47 Å². The van der Waals surface area contributed by atoms with E-state index in [-0.39, 0.29) is 6.10 Å². The van der Waals surface area contributed by atoms with Gasteiger partial charge in [0.15, 0.2) is 6.10 Å². The van der Waals surface area contributed by atoms with E-state index in [1.54, 1.807) is 0 Å². The smallest absolute Gasteiger partial charge is 0.429 e. The Labute approximate surface area is 154 Å². The monoisotopic (exact) mass is 351 g/mol. The fourth-order valence-corrected chi connectivity index (χ4v) is 4.11.